The third-order valence-electron chi connectivity index (χ3n) is 5.55. The zero-order valence-corrected chi connectivity index (χ0v) is 16.8. The van der Waals surface area contributed by atoms with E-state index in [1.807, 2.05) is 18.2 Å². The molecule has 0 aliphatic carbocycles. The number of nitrogens with zero attached hydrogens (tertiary/aromatic N) is 2. The van der Waals surface area contributed by atoms with Crippen molar-refractivity contribution < 1.29 is 9.53 Å². The quantitative estimate of drug-likeness (QED) is 0.821. The summed E-state index contributed by atoms with van der Waals surface area (Å²) in [4.78, 5) is 17.0. The molecule has 1 saturated heterocycles. The minimum atomic E-state index is 0.0440. The highest BCUT2D eigenvalue weighted by molar-refractivity contribution is 5.92. The molecule has 0 atom stereocenters. The summed E-state index contributed by atoms with van der Waals surface area (Å²) in [5.74, 6) is 0.0440. The van der Waals surface area contributed by atoms with Crippen LogP contribution in [0.1, 0.15) is 17.5 Å². The number of amides is 1. The Morgan fingerprint density at radius 3 is 2.38 bits per heavy atom. The van der Waals surface area contributed by atoms with Gasteiger partial charge in [-0.2, -0.15) is 0 Å². The van der Waals surface area contributed by atoms with Crippen molar-refractivity contribution >= 4 is 17.2 Å². The van der Waals surface area contributed by atoms with Gasteiger partial charge in [-0.15, -0.1) is 0 Å². The van der Waals surface area contributed by atoms with Gasteiger partial charge in [0.05, 0.1) is 19.8 Å². The van der Waals surface area contributed by atoms with Gasteiger partial charge in [-0.1, -0.05) is 48.5 Å². The first-order chi connectivity index (χ1) is 14.3. The van der Waals surface area contributed by atoms with Gasteiger partial charge in [-0.3, -0.25) is 14.6 Å². The lowest BCUT2D eigenvalue weighted by molar-refractivity contribution is -0.117. The summed E-state index contributed by atoms with van der Waals surface area (Å²) in [6.07, 6.45) is 3.22. The maximum atomic E-state index is 12.4. The van der Waals surface area contributed by atoms with Gasteiger partial charge < -0.3 is 10.1 Å². The second-order valence-corrected chi connectivity index (χ2v) is 7.71. The minimum Gasteiger partial charge on any atom is -0.379 e. The molecule has 0 aromatic heterocycles. The molecule has 2 aliphatic rings. The lowest BCUT2D eigenvalue weighted by Crippen LogP contribution is -2.36. The Bertz CT molecular complexity index is 827. The van der Waals surface area contributed by atoms with E-state index in [2.05, 4.69) is 57.6 Å². The summed E-state index contributed by atoms with van der Waals surface area (Å²) < 4.78 is 5.39. The molecular weight excluding hydrogens is 362 g/mol. The smallest absolute Gasteiger partial charge is 0.238 e. The fraction of sp³-hybridized carbons (Fsp3) is 0.375. The summed E-state index contributed by atoms with van der Waals surface area (Å²) in [5, 5.41) is 3.03. The standard InChI is InChI=1S/C24H29N3O2/c28-24(19-26-12-10-22(11-13-26)21-4-2-1-3-5-21)25-23-8-6-20(7-9-23)18-27-14-16-29-17-15-27/h1-10H,11-19H2,(H,25,28). The first kappa shape index (κ1) is 19.8. The van der Waals surface area contributed by atoms with Gasteiger partial charge in [0, 0.05) is 38.4 Å². The molecule has 2 heterocycles. The van der Waals surface area contributed by atoms with E-state index < -0.39 is 0 Å². The van der Waals surface area contributed by atoms with Crippen LogP contribution in [0.4, 0.5) is 5.69 Å². The molecule has 1 N–H and O–H groups in total. The molecule has 0 radical (unpaired) electrons. The largest absolute Gasteiger partial charge is 0.379 e. The monoisotopic (exact) mass is 391 g/mol. The Kier molecular flexibility index (Phi) is 6.72. The van der Waals surface area contributed by atoms with E-state index in [1.54, 1.807) is 0 Å². The fourth-order valence-corrected chi connectivity index (χ4v) is 3.88. The van der Waals surface area contributed by atoms with Crippen LogP contribution in [-0.2, 0) is 16.1 Å². The predicted octanol–water partition coefficient (Wildman–Crippen LogP) is 3.25. The lowest BCUT2D eigenvalue weighted by Gasteiger charge is -2.26. The van der Waals surface area contributed by atoms with Gasteiger partial charge in [-0.25, -0.2) is 0 Å². The molecule has 0 spiro atoms. The molecule has 5 nitrogen and oxygen atoms in total. The predicted molar refractivity (Wildman–Crippen MR) is 117 cm³/mol. The van der Waals surface area contributed by atoms with Crippen molar-refractivity contribution in [2.75, 3.05) is 51.3 Å². The normalized spacial score (nSPS) is 18.3. The van der Waals surface area contributed by atoms with Crippen LogP contribution in [0.3, 0.4) is 0 Å². The third kappa shape index (κ3) is 5.76. The fourth-order valence-electron chi connectivity index (χ4n) is 3.88. The summed E-state index contributed by atoms with van der Waals surface area (Å²) >= 11 is 0. The summed E-state index contributed by atoms with van der Waals surface area (Å²) in [6.45, 7) is 6.67. The van der Waals surface area contributed by atoms with Gasteiger partial charge in [-0.05, 0) is 35.3 Å². The van der Waals surface area contributed by atoms with Crippen molar-refractivity contribution in [2.24, 2.45) is 0 Å². The average Bonchev–Trinajstić information content (AvgIpc) is 2.77. The molecular formula is C24H29N3O2. The van der Waals surface area contributed by atoms with Gasteiger partial charge in [0.15, 0.2) is 0 Å². The van der Waals surface area contributed by atoms with E-state index in [-0.39, 0.29) is 5.91 Å². The second kappa shape index (κ2) is 9.83. The summed E-state index contributed by atoms with van der Waals surface area (Å²) in [7, 11) is 0. The maximum absolute atomic E-state index is 12.4. The number of hydrogen-bond donors (Lipinski definition) is 1. The van der Waals surface area contributed by atoms with Crippen molar-refractivity contribution in [3.63, 3.8) is 0 Å². The van der Waals surface area contributed by atoms with Crippen molar-refractivity contribution in [2.45, 2.75) is 13.0 Å². The molecule has 5 heteroatoms. The Morgan fingerprint density at radius 2 is 1.69 bits per heavy atom. The van der Waals surface area contributed by atoms with E-state index in [1.165, 1.54) is 16.7 Å². The van der Waals surface area contributed by atoms with E-state index in [4.69, 9.17) is 4.74 Å². The second-order valence-electron chi connectivity index (χ2n) is 7.71. The highest BCUT2D eigenvalue weighted by atomic mass is 16.5. The molecule has 1 fully saturated rings. The van der Waals surface area contributed by atoms with Crippen LogP contribution in [0, 0.1) is 0 Å². The van der Waals surface area contributed by atoms with Gasteiger partial charge in [0.25, 0.3) is 0 Å². The van der Waals surface area contributed by atoms with Crippen molar-refractivity contribution in [1.82, 2.24) is 9.80 Å². The van der Waals surface area contributed by atoms with E-state index >= 15 is 0 Å². The van der Waals surface area contributed by atoms with E-state index in [9.17, 15) is 4.79 Å². The van der Waals surface area contributed by atoms with Crippen LogP contribution in [0.15, 0.2) is 60.7 Å². The zero-order valence-electron chi connectivity index (χ0n) is 16.8. The molecule has 0 bridgehead atoms. The topological polar surface area (TPSA) is 44.8 Å². The highest BCUT2D eigenvalue weighted by Crippen LogP contribution is 2.22. The van der Waals surface area contributed by atoms with Gasteiger partial charge in [0.2, 0.25) is 5.91 Å². The van der Waals surface area contributed by atoms with Crippen LogP contribution in [0.2, 0.25) is 0 Å². The minimum absolute atomic E-state index is 0.0440. The highest BCUT2D eigenvalue weighted by Gasteiger charge is 2.16. The molecule has 2 aromatic rings. The van der Waals surface area contributed by atoms with Crippen LogP contribution in [-0.4, -0.2) is 61.6 Å². The number of rotatable bonds is 6. The number of benzene rings is 2. The Labute approximate surface area is 173 Å². The summed E-state index contributed by atoms with van der Waals surface area (Å²) in [6, 6.07) is 18.7. The lowest BCUT2D eigenvalue weighted by atomic mass is 10.00. The van der Waals surface area contributed by atoms with Gasteiger partial charge >= 0.3 is 0 Å². The maximum Gasteiger partial charge on any atom is 0.238 e. The average molecular weight is 392 g/mol. The number of carbonyl (C=O) groups is 1. The number of hydrogen-bond acceptors (Lipinski definition) is 4. The molecule has 0 unspecified atom stereocenters. The van der Waals surface area contributed by atoms with Gasteiger partial charge in [0.1, 0.15) is 0 Å². The first-order valence-corrected chi connectivity index (χ1v) is 10.4. The zero-order chi connectivity index (χ0) is 19.9. The third-order valence-corrected chi connectivity index (χ3v) is 5.55. The SMILES string of the molecule is O=C(CN1CC=C(c2ccccc2)CC1)Nc1ccc(CN2CCOCC2)cc1. The van der Waals surface area contributed by atoms with E-state index in [0.717, 1.165) is 58.0 Å². The molecule has 152 valence electrons. The van der Waals surface area contributed by atoms with Crippen molar-refractivity contribution in [3.05, 3.63) is 71.8 Å². The molecule has 2 aliphatic heterocycles. The number of morpholine rings is 1. The number of nitrogens with one attached hydrogen (secondary N) is 1. The molecule has 4 rings (SSSR count). The van der Waals surface area contributed by atoms with Crippen LogP contribution in [0.5, 0.6) is 0 Å². The van der Waals surface area contributed by atoms with Crippen molar-refractivity contribution in [3.8, 4) is 0 Å². The van der Waals surface area contributed by atoms with E-state index in [0.29, 0.717) is 6.54 Å². The molecule has 0 saturated carbocycles. The number of ether oxygens (including phenoxy) is 1. The summed E-state index contributed by atoms with van der Waals surface area (Å²) in [5.41, 5.74) is 4.78. The Balaban J connectivity index is 1.24. The number of carbonyl (C=O) groups excluding carboxylic acids is 1. The Hall–Kier alpha value is -2.47. The van der Waals surface area contributed by atoms with Crippen LogP contribution >= 0.6 is 0 Å². The first-order valence-electron chi connectivity index (χ1n) is 10.4. The Morgan fingerprint density at radius 1 is 0.931 bits per heavy atom. The molecule has 1 amide bonds. The molecule has 2 aromatic carbocycles. The van der Waals surface area contributed by atoms with Crippen LogP contribution < -0.4 is 5.32 Å². The number of anilines is 1. The molecule has 29 heavy (non-hydrogen) atoms. The van der Waals surface area contributed by atoms with Crippen molar-refractivity contribution in [1.29, 1.82) is 0 Å². The van der Waals surface area contributed by atoms with Crippen LogP contribution in [0.25, 0.3) is 5.57 Å².